The molecule has 1 aromatic rings. The Kier molecular flexibility index (Phi) is 4.37. The van der Waals surface area contributed by atoms with Gasteiger partial charge in [0, 0.05) is 5.69 Å². The van der Waals surface area contributed by atoms with Gasteiger partial charge in [0.25, 0.3) is 0 Å². The van der Waals surface area contributed by atoms with Crippen molar-refractivity contribution in [1.82, 2.24) is 10.3 Å². The van der Waals surface area contributed by atoms with Gasteiger partial charge in [0.05, 0.1) is 13.7 Å². The Bertz CT molecular complexity index is 355. The van der Waals surface area contributed by atoms with Crippen LogP contribution < -0.4 is 10.1 Å². The summed E-state index contributed by atoms with van der Waals surface area (Å²) in [6.45, 7) is 2.21. The molecule has 4 nitrogen and oxygen atoms in total. The summed E-state index contributed by atoms with van der Waals surface area (Å²) in [7, 11) is 1.57. The molecule has 1 N–H and O–H groups in total. The largest absolute Gasteiger partial charge is 0.495 e. The number of amides is 1. The normalized spacial score (nSPS) is 9.80. The molecule has 0 atom stereocenters. The average Bonchev–Trinajstić information content (AvgIpc) is 2.26. The van der Waals surface area contributed by atoms with Gasteiger partial charge in [0.1, 0.15) is 17.3 Å². The minimum Gasteiger partial charge on any atom is -0.495 e. The fourth-order valence-corrected chi connectivity index (χ4v) is 1.23. The summed E-state index contributed by atoms with van der Waals surface area (Å²) < 4.78 is 5.12. The molecule has 0 spiro atoms. The molecular formula is C10H13ClN2O2. The molecule has 15 heavy (non-hydrogen) atoms. The zero-order chi connectivity index (χ0) is 11.3. The van der Waals surface area contributed by atoms with E-state index < -0.39 is 0 Å². The molecule has 0 bridgehead atoms. The first-order valence-electron chi connectivity index (χ1n) is 4.50. The van der Waals surface area contributed by atoms with Crippen LogP contribution in [0.4, 0.5) is 0 Å². The molecule has 0 aliphatic heterocycles. The van der Waals surface area contributed by atoms with Crippen LogP contribution in [0.5, 0.6) is 5.75 Å². The summed E-state index contributed by atoms with van der Waals surface area (Å²) in [5, 5.41) is 2.64. The molecule has 0 saturated carbocycles. The van der Waals surface area contributed by atoms with Gasteiger partial charge in [-0.05, 0) is 19.1 Å². The van der Waals surface area contributed by atoms with Crippen LogP contribution in [0.1, 0.15) is 11.4 Å². The molecule has 1 amide bonds. The number of nitrogens with one attached hydrogen (secondary N) is 1. The van der Waals surface area contributed by atoms with Crippen LogP contribution >= 0.6 is 11.6 Å². The maximum absolute atomic E-state index is 11.0. The van der Waals surface area contributed by atoms with E-state index in [1.165, 1.54) is 0 Å². The molecular weight excluding hydrogens is 216 g/mol. The highest BCUT2D eigenvalue weighted by Crippen LogP contribution is 2.15. The topological polar surface area (TPSA) is 51.2 Å². The predicted octanol–water partition coefficient (Wildman–Crippen LogP) is 1.25. The van der Waals surface area contributed by atoms with E-state index in [2.05, 4.69) is 10.3 Å². The fourth-order valence-electron chi connectivity index (χ4n) is 1.14. The van der Waals surface area contributed by atoms with E-state index in [0.29, 0.717) is 18.0 Å². The minimum atomic E-state index is -0.220. The van der Waals surface area contributed by atoms with E-state index in [9.17, 15) is 4.79 Å². The second-order valence-electron chi connectivity index (χ2n) is 3.01. The van der Waals surface area contributed by atoms with E-state index in [4.69, 9.17) is 16.3 Å². The smallest absolute Gasteiger partial charge is 0.235 e. The number of rotatable bonds is 4. The summed E-state index contributed by atoms with van der Waals surface area (Å²) >= 11 is 5.36. The Morgan fingerprint density at radius 3 is 2.93 bits per heavy atom. The van der Waals surface area contributed by atoms with Crippen LogP contribution in [0.25, 0.3) is 0 Å². The number of alkyl halides is 1. The first-order valence-corrected chi connectivity index (χ1v) is 5.04. The number of halogens is 1. The fraction of sp³-hybridized carbons (Fsp3) is 0.400. The number of nitrogens with zero attached hydrogens (tertiary/aromatic N) is 1. The first kappa shape index (κ1) is 11.8. The van der Waals surface area contributed by atoms with Gasteiger partial charge in [-0.3, -0.25) is 9.78 Å². The maximum atomic E-state index is 11.0. The van der Waals surface area contributed by atoms with Crippen LogP contribution in [0.15, 0.2) is 12.1 Å². The molecule has 1 aromatic heterocycles. The Balaban J connectivity index is 2.74. The Morgan fingerprint density at radius 1 is 1.60 bits per heavy atom. The zero-order valence-corrected chi connectivity index (χ0v) is 9.47. The highest BCUT2D eigenvalue weighted by molar-refractivity contribution is 6.27. The van der Waals surface area contributed by atoms with Crippen molar-refractivity contribution >= 4 is 17.5 Å². The van der Waals surface area contributed by atoms with Crippen molar-refractivity contribution in [3.63, 3.8) is 0 Å². The van der Waals surface area contributed by atoms with Gasteiger partial charge in [-0.15, -0.1) is 11.6 Å². The molecule has 0 saturated heterocycles. The lowest BCUT2D eigenvalue weighted by Gasteiger charge is -2.08. The predicted molar refractivity (Wildman–Crippen MR) is 58.1 cm³/mol. The van der Waals surface area contributed by atoms with Crippen LogP contribution in [0, 0.1) is 6.92 Å². The molecule has 1 rings (SSSR count). The number of carbonyl (C=O) groups excluding carboxylic acids is 1. The summed E-state index contributed by atoms with van der Waals surface area (Å²) in [4.78, 5) is 15.2. The average molecular weight is 229 g/mol. The second-order valence-corrected chi connectivity index (χ2v) is 3.28. The lowest BCUT2D eigenvalue weighted by Crippen LogP contribution is -2.24. The van der Waals surface area contributed by atoms with Gasteiger partial charge in [-0.2, -0.15) is 0 Å². The number of aromatic nitrogens is 1. The third-order valence-electron chi connectivity index (χ3n) is 1.87. The summed E-state index contributed by atoms with van der Waals surface area (Å²) in [6, 6.07) is 3.68. The van der Waals surface area contributed by atoms with E-state index in [1.807, 2.05) is 19.1 Å². The van der Waals surface area contributed by atoms with Crippen molar-refractivity contribution in [2.24, 2.45) is 0 Å². The van der Waals surface area contributed by atoms with Gasteiger partial charge >= 0.3 is 0 Å². The number of ether oxygens (including phenoxy) is 1. The Labute approximate surface area is 93.6 Å². The molecule has 0 aliphatic carbocycles. The Morgan fingerprint density at radius 2 is 2.33 bits per heavy atom. The summed E-state index contributed by atoms with van der Waals surface area (Å²) in [5.74, 6) is 0.395. The quantitative estimate of drug-likeness (QED) is 0.790. The van der Waals surface area contributed by atoms with Crippen molar-refractivity contribution in [2.45, 2.75) is 13.5 Å². The van der Waals surface area contributed by atoms with Crippen LogP contribution in [-0.4, -0.2) is 23.9 Å². The molecule has 0 aromatic carbocycles. The van der Waals surface area contributed by atoms with Crippen molar-refractivity contribution in [3.8, 4) is 5.75 Å². The number of hydrogen-bond acceptors (Lipinski definition) is 3. The number of pyridine rings is 1. The summed E-state index contributed by atoms with van der Waals surface area (Å²) in [5.41, 5.74) is 1.59. The lowest BCUT2D eigenvalue weighted by atomic mass is 10.3. The number of carbonyl (C=O) groups is 1. The highest BCUT2D eigenvalue weighted by atomic mass is 35.5. The van der Waals surface area contributed by atoms with Gasteiger partial charge in [0.2, 0.25) is 5.91 Å². The van der Waals surface area contributed by atoms with E-state index in [0.717, 1.165) is 5.69 Å². The van der Waals surface area contributed by atoms with E-state index in [-0.39, 0.29) is 11.8 Å². The third-order valence-corrected chi connectivity index (χ3v) is 2.11. The molecule has 0 fully saturated rings. The minimum absolute atomic E-state index is 0.0475. The molecule has 0 radical (unpaired) electrons. The lowest BCUT2D eigenvalue weighted by molar-refractivity contribution is -0.118. The molecule has 0 aliphatic rings. The van der Waals surface area contributed by atoms with E-state index >= 15 is 0 Å². The van der Waals surface area contributed by atoms with Crippen LogP contribution in [-0.2, 0) is 11.3 Å². The van der Waals surface area contributed by atoms with Crippen LogP contribution in [0.3, 0.4) is 0 Å². The molecule has 5 heteroatoms. The highest BCUT2D eigenvalue weighted by Gasteiger charge is 2.06. The van der Waals surface area contributed by atoms with Gasteiger partial charge in [-0.1, -0.05) is 0 Å². The SMILES string of the molecule is COc1ccc(C)nc1CNC(=O)CCl. The maximum Gasteiger partial charge on any atom is 0.235 e. The first-order chi connectivity index (χ1) is 7.17. The number of hydrogen-bond donors (Lipinski definition) is 1. The Hall–Kier alpha value is -1.29. The number of aryl methyl sites for hydroxylation is 1. The van der Waals surface area contributed by atoms with E-state index in [1.54, 1.807) is 7.11 Å². The van der Waals surface area contributed by atoms with Crippen molar-refractivity contribution in [1.29, 1.82) is 0 Å². The van der Waals surface area contributed by atoms with Gasteiger partial charge in [0.15, 0.2) is 0 Å². The van der Waals surface area contributed by atoms with Crippen molar-refractivity contribution in [2.75, 3.05) is 13.0 Å². The van der Waals surface area contributed by atoms with Gasteiger partial charge < -0.3 is 10.1 Å². The monoisotopic (exact) mass is 228 g/mol. The van der Waals surface area contributed by atoms with Gasteiger partial charge in [-0.25, -0.2) is 0 Å². The van der Waals surface area contributed by atoms with Crippen LogP contribution in [0.2, 0.25) is 0 Å². The standard InChI is InChI=1S/C10H13ClN2O2/c1-7-3-4-9(15-2)8(13-7)6-12-10(14)5-11/h3-4H,5-6H2,1-2H3,(H,12,14). The zero-order valence-electron chi connectivity index (χ0n) is 8.71. The van der Waals surface area contributed by atoms with Crippen molar-refractivity contribution < 1.29 is 9.53 Å². The number of methoxy groups -OCH3 is 1. The summed E-state index contributed by atoms with van der Waals surface area (Å²) in [6.07, 6.45) is 0. The van der Waals surface area contributed by atoms with Crippen molar-refractivity contribution in [3.05, 3.63) is 23.5 Å². The molecule has 0 unspecified atom stereocenters. The second kappa shape index (κ2) is 5.56. The molecule has 1 heterocycles. The molecule has 82 valence electrons. The third kappa shape index (κ3) is 3.40.